The van der Waals surface area contributed by atoms with Crippen LogP contribution in [0.1, 0.15) is 19.3 Å². The van der Waals surface area contributed by atoms with Crippen LogP contribution in [0.3, 0.4) is 0 Å². The van der Waals surface area contributed by atoms with Gasteiger partial charge in [0.15, 0.2) is 0 Å². The summed E-state index contributed by atoms with van der Waals surface area (Å²) in [6, 6.07) is 2.36. The van der Waals surface area contributed by atoms with Gasteiger partial charge < -0.3 is 19.8 Å². The van der Waals surface area contributed by atoms with Crippen molar-refractivity contribution in [2.45, 2.75) is 25.3 Å². The summed E-state index contributed by atoms with van der Waals surface area (Å²) in [6.45, 7) is 6.03. The predicted molar refractivity (Wildman–Crippen MR) is 106 cm³/mol. The molecule has 2 aliphatic heterocycles. The van der Waals surface area contributed by atoms with Gasteiger partial charge >= 0.3 is 5.97 Å². The topological polar surface area (TPSA) is 76.0 Å². The van der Waals surface area contributed by atoms with Crippen LogP contribution >= 0.6 is 0 Å². The van der Waals surface area contributed by atoms with E-state index < -0.39 is 5.97 Å². The van der Waals surface area contributed by atoms with Crippen LogP contribution in [-0.2, 0) is 4.79 Å². The van der Waals surface area contributed by atoms with Crippen molar-refractivity contribution >= 4 is 17.7 Å². The zero-order chi connectivity index (χ0) is 19.4. The van der Waals surface area contributed by atoms with Crippen molar-refractivity contribution in [1.29, 1.82) is 0 Å². The van der Waals surface area contributed by atoms with Gasteiger partial charge in [0, 0.05) is 72.0 Å². The van der Waals surface area contributed by atoms with Crippen molar-refractivity contribution in [3.8, 4) is 0 Å². The Balaban J connectivity index is 1.72. The highest BCUT2D eigenvalue weighted by Crippen LogP contribution is 2.29. The smallest absolute Gasteiger partial charge is 0.303 e. The Morgan fingerprint density at radius 3 is 2.67 bits per heavy atom. The molecule has 27 heavy (non-hydrogen) atoms. The Morgan fingerprint density at radius 2 is 2.00 bits per heavy atom. The van der Waals surface area contributed by atoms with E-state index in [1.165, 1.54) is 0 Å². The summed E-state index contributed by atoms with van der Waals surface area (Å²) in [7, 11) is 6.11. The molecule has 8 nitrogen and oxygen atoms in total. The van der Waals surface area contributed by atoms with Crippen LogP contribution < -0.4 is 9.80 Å². The number of carboxylic acid groups (broad SMARTS) is 1. The normalized spacial score (nSPS) is 24.8. The zero-order valence-corrected chi connectivity index (χ0v) is 16.7. The highest BCUT2D eigenvalue weighted by molar-refractivity contribution is 5.66. The standard InChI is InChI=1S/C19H32N6O2/c1-22(2)17-6-8-20-19(21-17)25-9-7-16(15(14-25)4-5-18(26)27)24-12-10-23(3)11-13-24/h6,8,15-16H,4-5,7,9-14H2,1-3H3,(H,26,27)/t15-,16+/m1/s1. The van der Waals surface area contributed by atoms with E-state index in [4.69, 9.17) is 0 Å². The lowest BCUT2D eigenvalue weighted by Gasteiger charge is -2.46. The molecule has 2 fully saturated rings. The SMILES string of the molecule is CN1CCN([C@H]2CCN(c3nccc(N(C)C)n3)C[C@H]2CCC(=O)O)CC1. The molecule has 3 heterocycles. The highest BCUT2D eigenvalue weighted by atomic mass is 16.4. The fourth-order valence-corrected chi connectivity index (χ4v) is 4.17. The van der Waals surface area contributed by atoms with Crippen LogP contribution in [0, 0.1) is 5.92 Å². The van der Waals surface area contributed by atoms with Crippen LogP contribution in [0.5, 0.6) is 0 Å². The second kappa shape index (κ2) is 8.84. The molecule has 150 valence electrons. The van der Waals surface area contributed by atoms with Gasteiger partial charge in [-0.25, -0.2) is 4.98 Å². The quantitative estimate of drug-likeness (QED) is 0.783. The molecule has 2 saturated heterocycles. The van der Waals surface area contributed by atoms with E-state index in [1.54, 1.807) is 6.20 Å². The molecule has 0 saturated carbocycles. The number of aromatic nitrogens is 2. The Labute approximate surface area is 161 Å². The summed E-state index contributed by atoms with van der Waals surface area (Å²) < 4.78 is 0. The number of hydrogen-bond acceptors (Lipinski definition) is 7. The second-order valence-corrected chi connectivity index (χ2v) is 7.94. The summed E-state index contributed by atoms with van der Waals surface area (Å²) in [5.41, 5.74) is 0. The molecule has 0 bridgehead atoms. The summed E-state index contributed by atoms with van der Waals surface area (Å²) in [5.74, 6) is 1.25. The van der Waals surface area contributed by atoms with Gasteiger partial charge in [-0.2, -0.15) is 4.98 Å². The number of aliphatic carboxylic acids is 1. The van der Waals surface area contributed by atoms with Gasteiger partial charge in [-0.1, -0.05) is 0 Å². The third kappa shape index (κ3) is 5.07. The van der Waals surface area contributed by atoms with E-state index in [1.807, 2.05) is 25.1 Å². The Kier molecular flexibility index (Phi) is 6.49. The first kappa shape index (κ1) is 19.8. The van der Waals surface area contributed by atoms with Gasteiger partial charge in [-0.15, -0.1) is 0 Å². The number of nitrogens with zero attached hydrogens (tertiary/aromatic N) is 6. The predicted octanol–water partition coefficient (Wildman–Crippen LogP) is 0.850. The van der Waals surface area contributed by atoms with Gasteiger partial charge in [0.25, 0.3) is 0 Å². The molecule has 0 amide bonds. The monoisotopic (exact) mass is 376 g/mol. The summed E-state index contributed by atoms with van der Waals surface area (Å²) in [6.07, 6.45) is 3.76. The number of piperidine rings is 1. The molecular formula is C19H32N6O2. The first-order chi connectivity index (χ1) is 12.9. The van der Waals surface area contributed by atoms with Crippen LogP contribution in [0.25, 0.3) is 0 Å². The maximum absolute atomic E-state index is 11.2. The Bertz CT molecular complexity index is 632. The average molecular weight is 377 g/mol. The fraction of sp³-hybridized carbons (Fsp3) is 0.737. The van der Waals surface area contributed by atoms with Crippen LogP contribution in [0.15, 0.2) is 12.3 Å². The number of likely N-dealkylation sites (N-methyl/N-ethyl adjacent to an activating group) is 1. The molecule has 0 spiro atoms. The van der Waals surface area contributed by atoms with Crippen LogP contribution in [0.2, 0.25) is 0 Å². The maximum atomic E-state index is 11.2. The molecule has 3 rings (SSSR count). The number of carbonyl (C=O) groups is 1. The van der Waals surface area contributed by atoms with Gasteiger partial charge in [0.05, 0.1) is 0 Å². The third-order valence-corrected chi connectivity index (χ3v) is 5.80. The number of hydrogen-bond donors (Lipinski definition) is 1. The molecular weight excluding hydrogens is 344 g/mol. The first-order valence-electron chi connectivity index (χ1n) is 9.83. The largest absolute Gasteiger partial charge is 0.481 e. The number of anilines is 2. The lowest BCUT2D eigenvalue weighted by atomic mass is 9.86. The van der Waals surface area contributed by atoms with Crippen LogP contribution in [-0.4, -0.2) is 97.3 Å². The number of piperazine rings is 1. The lowest BCUT2D eigenvalue weighted by molar-refractivity contribution is -0.137. The minimum absolute atomic E-state index is 0.224. The summed E-state index contributed by atoms with van der Waals surface area (Å²) >= 11 is 0. The molecule has 2 atom stereocenters. The Hall–Kier alpha value is -1.93. The van der Waals surface area contributed by atoms with Crippen molar-refractivity contribution in [3.63, 3.8) is 0 Å². The molecule has 8 heteroatoms. The average Bonchev–Trinajstić information content (AvgIpc) is 2.67. The van der Waals surface area contributed by atoms with E-state index in [9.17, 15) is 9.90 Å². The molecule has 1 aromatic heterocycles. The third-order valence-electron chi connectivity index (χ3n) is 5.80. The molecule has 2 aliphatic rings. The van der Waals surface area contributed by atoms with E-state index in [0.29, 0.717) is 18.4 Å². The molecule has 0 radical (unpaired) electrons. The summed E-state index contributed by atoms with van der Waals surface area (Å²) in [4.78, 5) is 29.5. The van der Waals surface area contributed by atoms with Gasteiger partial charge in [0.1, 0.15) is 5.82 Å². The van der Waals surface area contributed by atoms with Crippen molar-refractivity contribution < 1.29 is 9.90 Å². The van der Waals surface area contributed by atoms with Crippen molar-refractivity contribution in [2.75, 3.05) is 70.2 Å². The first-order valence-corrected chi connectivity index (χ1v) is 9.83. The van der Waals surface area contributed by atoms with E-state index >= 15 is 0 Å². The highest BCUT2D eigenvalue weighted by Gasteiger charge is 2.35. The van der Waals surface area contributed by atoms with E-state index in [0.717, 1.165) is 57.5 Å². The van der Waals surface area contributed by atoms with E-state index in [2.05, 4.69) is 31.7 Å². The maximum Gasteiger partial charge on any atom is 0.303 e. The number of carboxylic acids is 1. The van der Waals surface area contributed by atoms with Gasteiger partial charge in [-0.3, -0.25) is 9.69 Å². The van der Waals surface area contributed by atoms with Crippen molar-refractivity contribution in [2.24, 2.45) is 5.92 Å². The molecule has 1 N–H and O–H groups in total. The number of rotatable bonds is 6. The minimum atomic E-state index is -0.713. The zero-order valence-electron chi connectivity index (χ0n) is 16.7. The molecule has 1 aromatic rings. The lowest BCUT2D eigenvalue weighted by Crippen LogP contribution is -2.56. The van der Waals surface area contributed by atoms with E-state index in [-0.39, 0.29) is 6.42 Å². The Morgan fingerprint density at radius 1 is 1.26 bits per heavy atom. The molecule has 0 aromatic carbocycles. The fourth-order valence-electron chi connectivity index (χ4n) is 4.17. The van der Waals surface area contributed by atoms with Gasteiger partial charge in [0.2, 0.25) is 5.95 Å². The van der Waals surface area contributed by atoms with Crippen molar-refractivity contribution in [1.82, 2.24) is 19.8 Å². The van der Waals surface area contributed by atoms with Crippen molar-refractivity contribution in [3.05, 3.63) is 12.3 Å². The molecule has 0 aliphatic carbocycles. The second-order valence-electron chi connectivity index (χ2n) is 7.94. The van der Waals surface area contributed by atoms with Gasteiger partial charge in [-0.05, 0) is 31.9 Å². The van der Waals surface area contributed by atoms with Crippen LogP contribution in [0.4, 0.5) is 11.8 Å². The molecule has 0 unspecified atom stereocenters. The summed E-state index contributed by atoms with van der Waals surface area (Å²) in [5, 5.41) is 9.19. The minimum Gasteiger partial charge on any atom is -0.481 e.